The summed E-state index contributed by atoms with van der Waals surface area (Å²) < 4.78 is 1.53. The molecule has 0 aromatic carbocycles. The van der Waals surface area contributed by atoms with E-state index >= 15 is 0 Å². The first kappa shape index (κ1) is 13.1. The van der Waals surface area contributed by atoms with Gasteiger partial charge < -0.3 is 15.7 Å². The van der Waals surface area contributed by atoms with Gasteiger partial charge in [0.25, 0.3) is 0 Å². The van der Waals surface area contributed by atoms with Crippen LogP contribution in [0.3, 0.4) is 0 Å². The quantitative estimate of drug-likeness (QED) is 0.876. The highest BCUT2D eigenvalue weighted by Gasteiger charge is 2.45. The molecule has 2 unspecified atom stereocenters. The van der Waals surface area contributed by atoms with Crippen molar-refractivity contribution in [3.05, 3.63) is 35.7 Å². The smallest absolute Gasteiger partial charge is 0.341 e. The number of pyridine rings is 1. The van der Waals surface area contributed by atoms with Gasteiger partial charge in [-0.15, -0.1) is 0 Å². The monoisotopic (exact) mass is 299 g/mol. The molecule has 0 spiro atoms. The molecule has 7 heteroatoms. The molecular weight excluding hydrogens is 282 g/mol. The molecule has 2 aliphatic rings. The van der Waals surface area contributed by atoms with Gasteiger partial charge in [-0.1, -0.05) is 6.07 Å². The molecular formula is C15H17N5O2. The number of anilines is 2. The summed E-state index contributed by atoms with van der Waals surface area (Å²) in [6, 6.07) is 4.02. The predicted octanol–water partition coefficient (Wildman–Crippen LogP) is 1.06. The second-order valence-electron chi connectivity index (χ2n) is 6.12. The highest BCUT2D eigenvalue weighted by Crippen LogP contribution is 2.45. The third kappa shape index (κ3) is 2.28. The van der Waals surface area contributed by atoms with E-state index in [9.17, 15) is 4.79 Å². The fraction of sp³-hybridized carbons (Fsp3) is 0.400. The van der Waals surface area contributed by atoms with Crippen LogP contribution in [0.5, 0.6) is 0 Å². The number of carboxylic acid groups (broad SMARTS) is 1. The number of carboxylic acids is 1. The number of aromatic carboxylic acids is 1. The summed E-state index contributed by atoms with van der Waals surface area (Å²) >= 11 is 0. The fourth-order valence-corrected chi connectivity index (χ4v) is 3.15. The molecule has 114 valence electrons. The largest absolute Gasteiger partial charge is 0.477 e. The maximum atomic E-state index is 11.0. The van der Waals surface area contributed by atoms with Crippen molar-refractivity contribution in [2.24, 2.45) is 11.8 Å². The minimum absolute atomic E-state index is 0.0286. The van der Waals surface area contributed by atoms with Crippen molar-refractivity contribution in [1.29, 1.82) is 0 Å². The lowest BCUT2D eigenvalue weighted by atomic mass is 10.2. The van der Waals surface area contributed by atoms with Crippen LogP contribution in [-0.4, -0.2) is 38.9 Å². The molecule has 22 heavy (non-hydrogen) atoms. The van der Waals surface area contributed by atoms with Gasteiger partial charge in [0.1, 0.15) is 11.4 Å². The number of hydrogen-bond donors (Lipinski definition) is 2. The molecule has 2 aromatic heterocycles. The second-order valence-corrected chi connectivity index (χ2v) is 6.12. The van der Waals surface area contributed by atoms with E-state index in [1.807, 2.05) is 18.3 Å². The Bertz CT molecular complexity index is 714. The lowest BCUT2D eigenvalue weighted by molar-refractivity contribution is 0.0698. The van der Waals surface area contributed by atoms with Gasteiger partial charge in [-0.2, -0.15) is 5.10 Å². The third-order valence-corrected chi connectivity index (χ3v) is 4.48. The number of nitrogens with two attached hydrogens (primary N) is 1. The van der Waals surface area contributed by atoms with Crippen LogP contribution in [0.25, 0.3) is 0 Å². The van der Waals surface area contributed by atoms with Crippen molar-refractivity contribution in [3.8, 4) is 0 Å². The van der Waals surface area contributed by atoms with Gasteiger partial charge in [0.05, 0.1) is 6.54 Å². The lowest BCUT2D eigenvalue weighted by Gasteiger charge is -2.18. The fourth-order valence-electron chi connectivity index (χ4n) is 3.15. The van der Waals surface area contributed by atoms with Crippen LogP contribution in [0.15, 0.2) is 24.5 Å². The van der Waals surface area contributed by atoms with Gasteiger partial charge >= 0.3 is 5.97 Å². The summed E-state index contributed by atoms with van der Waals surface area (Å²) in [4.78, 5) is 17.8. The second kappa shape index (κ2) is 4.72. The first-order chi connectivity index (χ1) is 10.6. The number of carbonyl (C=O) groups is 1. The van der Waals surface area contributed by atoms with Crippen molar-refractivity contribution in [2.45, 2.75) is 13.0 Å². The van der Waals surface area contributed by atoms with E-state index in [2.05, 4.69) is 15.0 Å². The summed E-state index contributed by atoms with van der Waals surface area (Å²) in [5, 5.41) is 13.0. The van der Waals surface area contributed by atoms with Crippen molar-refractivity contribution in [3.63, 3.8) is 0 Å². The number of nitrogens with zero attached hydrogens (tertiary/aromatic N) is 4. The summed E-state index contributed by atoms with van der Waals surface area (Å²) in [5.74, 6) is 1.74. The number of piperidine rings is 1. The van der Waals surface area contributed by atoms with Crippen molar-refractivity contribution >= 4 is 17.6 Å². The third-order valence-electron chi connectivity index (χ3n) is 4.48. The van der Waals surface area contributed by atoms with Gasteiger partial charge in [0.15, 0.2) is 5.82 Å². The molecule has 4 rings (SSSR count). The van der Waals surface area contributed by atoms with Crippen LogP contribution >= 0.6 is 0 Å². The zero-order valence-corrected chi connectivity index (χ0v) is 12.0. The molecule has 3 heterocycles. The molecule has 0 amide bonds. The maximum absolute atomic E-state index is 11.0. The zero-order chi connectivity index (χ0) is 15.3. The zero-order valence-electron chi connectivity index (χ0n) is 12.0. The standard InChI is InChI=1S/C15H17N5O2/c16-14-12(15(21)22)8-20(18-14)5-9-1-2-13(17-4-9)19-6-10-3-11(10)7-19/h1-2,4,8,10-11H,3,5-7H2,(H2,16,18)(H,21,22). The van der Waals surface area contributed by atoms with Crippen molar-refractivity contribution in [2.75, 3.05) is 23.7 Å². The molecule has 2 aromatic rings. The lowest BCUT2D eigenvalue weighted by Crippen LogP contribution is -2.22. The molecule has 2 atom stereocenters. The van der Waals surface area contributed by atoms with Crippen LogP contribution in [0.2, 0.25) is 0 Å². The summed E-state index contributed by atoms with van der Waals surface area (Å²) in [5.41, 5.74) is 6.58. The van der Waals surface area contributed by atoms with Gasteiger partial charge in [-0.3, -0.25) is 4.68 Å². The van der Waals surface area contributed by atoms with E-state index in [1.54, 1.807) is 0 Å². The number of hydrogen-bond acceptors (Lipinski definition) is 5. The van der Waals surface area contributed by atoms with Gasteiger partial charge in [0, 0.05) is 25.5 Å². The number of rotatable bonds is 4. The van der Waals surface area contributed by atoms with Crippen LogP contribution in [0.4, 0.5) is 11.6 Å². The maximum Gasteiger partial charge on any atom is 0.341 e. The predicted molar refractivity (Wildman–Crippen MR) is 80.7 cm³/mol. The Hall–Kier alpha value is -2.57. The van der Waals surface area contributed by atoms with Crippen molar-refractivity contribution in [1.82, 2.24) is 14.8 Å². The Morgan fingerprint density at radius 3 is 2.73 bits per heavy atom. The summed E-state index contributed by atoms with van der Waals surface area (Å²) in [6.07, 6.45) is 4.64. The summed E-state index contributed by atoms with van der Waals surface area (Å²) in [6.45, 7) is 2.69. The molecule has 7 nitrogen and oxygen atoms in total. The Kier molecular flexibility index (Phi) is 2.82. The first-order valence-corrected chi connectivity index (χ1v) is 7.36. The SMILES string of the molecule is Nc1nn(Cc2ccc(N3CC4CC4C3)nc2)cc1C(=O)O. The van der Waals surface area contributed by atoms with Crippen LogP contribution in [0.1, 0.15) is 22.3 Å². The van der Waals surface area contributed by atoms with Crippen LogP contribution in [0, 0.1) is 11.8 Å². The topological polar surface area (TPSA) is 97.3 Å². The van der Waals surface area contributed by atoms with Gasteiger partial charge in [-0.25, -0.2) is 9.78 Å². The number of nitrogen functional groups attached to an aromatic ring is 1. The highest BCUT2D eigenvalue weighted by molar-refractivity contribution is 5.92. The number of fused-ring (bicyclic) bond motifs is 1. The Morgan fingerprint density at radius 2 is 2.14 bits per heavy atom. The molecule has 1 saturated heterocycles. The molecule has 2 fully saturated rings. The minimum atomic E-state index is -1.06. The van der Waals surface area contributed by atoms with Gasteiger partial charge in [-0.05, 0) is 29.9 Å². The van der Waals surface area contributed by atoms with E-state index in [0.29, 0.717) is 6.54 Å². The summed E-state index contributed by atoms with van der Waals surface area (Å²) in [7, 11) is 0. The molecule has 1 saturated carbocycles. The average Bonchev–Trinajstić information content (AvgIpc) is 2.92. The van der Waals surface area contributed by atoms with Gasteiger partial charge in [0.2, 0.25) is 0 Å². The van der Waals surface area contributed by atoms with E-state index in [1.165, 1.54) is 17.3 Å². The number of aromatic nitrogens is 3. The average molecular weight is 299 g/mol. The molecule has 1 aliphatic carbocycles. The molecule has 0 radical (unpaired) electrons. The van der Waals surface area contributed by atoms with Crippen LogP contribution < -0.4 is 10.6 Å². The van der Waals surface area contributed by atoms with E-state index < -0.39 is 5.97 Å². The minimum Gasteiger partial charge on any atom is -0.477 e. The highest BCUT2D eigenvalue weighted by atomic mass is 16.4. The molecule has 0 bridgehead atoms. The molecule has 3 N–H and O–H groups in total. The first-order valence-electron chi connectivity index (χ1n) is 7.36. The Labute approximate surface area is 127 Å². The Balaban J connectivity index is 1.46. The Morgan fingerprint density at radius 1 is 1.36 bits per heavy atom. The van der Waals surface area contributed by atoms with E-state index in [-0.39, 0.29) is 11.4 Å². The normalized spacial score (nSPS) is 22.6. The van der Waals surface area contributed by atoms with Crippen molar-refractivity contribution < 1.29 is 9.90 Å². The van der Waals surface area contributed by atoms with E-state index in [4.69, 9.17) is 10.8 Å². The van der Waals surface area contributed by atoms with Crippen LogP contribution in [-0.2, 0) is 6.54 Å². The van der Waals surface area contributed by atoms with E-state index in [0.717, 1.165) is 36.3 Å². The molecule has 1 aliphatic heterocycles.